The second-order valence-electron chi connectivity index (χ2n) is 6.34. The number of ether oxygens (including phenoxy) is 1. The average Bonchev–Trinajstić information content (AvgIpc) is 3.25. The van der Waals surface area contributed by atoms with Crippen LogP contribution in [0.25, 0.3) is 0 Å². The maximum Gasteiger partial charge on any atom is 0.322 e. The number of aromatic nitrogens is 4. The van der Waals surface area contributed by atoms with E-state index < -0.39 is 0 Å². The van der Waals surface area contributed by atoms with Crippen LogP contribution in [0.1, 0.15) is 50.9 Å². The van der Waals surface area contributed by atoms with Crippen LogP contribution in [-0.2, 0) is 11.3 Å². The molecule has 0 aliphatic carbocycles. The average molecular weight is 348 g/mol. The number of anilines is 1. The van der Waals surface area contributed by atoms with Crippen LogP contribution in [0.5, 0.6) is 0 Å². The third kappa shape index (κ3) is 3.98. The third-order valence-electron chi connectivity index (χ3n) is 3.96. The van der Waals surface area contributed by atoms with Crippen molar-refractivity contribution in [2.75, 3.05) is 25.1 Å². The highest BCUT2D eigenvalue weighted by Crippen LogP contribution is 2.25. The van der Waals surface area contributed by atoms with Crippen LogP contribution >= 0.6 is 0 Å². The van der Waals surface area contributed by atoms with Gasteiger partial charge in [0, 0.05) is 25.2 Å². The fourth-order valence-corrected chi connectivity index (χ4v) is 2.64. The predicted molar refractivity (Wildman–Crippen MR) is 90.2 cm³/mol. The molecule has 1 atom stereocenters. The van der Waals surface area contributed by atoms with E-state index in [1.54, 1.807) is 15.8 Å². The number of urea groups is 1. The van der Waals surface area contributed by atoms with Gasteiger partial charge in [-0.3, -0.25) is 4.68 Å². The summed E-state index contributed by atoms with van der Waals surface area (Å²) in [4.78, 5) is 14.4. The monoisotopic (exact) mass is 348 g/mol. The summed E-state index contributed by atoms with van der Waals surface area (Å²) < 4.78 is 13.0. The quantitative estimate of drug-likeness (QED) is 0.891. The van der Waals surface area contributed by atoms with Gasteiger partial charge in [0.15, 0.2) is 0 Å². The van der Waals surface area contributed by atoms with Crippen molar-refractivity contribution in [2.24, 2.45) is 0 Å². The van der Waals surface area contributed by atoms with Gasteiger partial charge in [-0.05, 0) is 6.42 Å². The summed E-state index contributed by atoms with van der Waals surface area (Å²) in [5.41, 5.74) is 0.664. The second kappa shape index (κ2) is 7.64. The number of hydrogen-bond acceptors (Lipinski definition) is 6. The molecule has 136 valence electrons. The Bertz CT molecular complexity index is 710. The van der Waals surface area contributed by atoms with Crippen molar-refractivity contribution in [3.05, 3.63) is 24.2 Å². The van der Waals surface area contributed by atoms with Gasteiger partial charge >= 0.3 is 6.03 Å². The Morgan fingerprint density at radius 3 is 3.00 bits per heavy atom. The molecule has 3 rings (SSSR count). The van der Waals surface area contributed by atoms with E-state index in [9.17, 15) is 4.79 Å². The van der Waals surface area contributed by atoms with Crippen molar-refractivity contribution in [1.82, 2.24) is 24.9 Å². The molecule has 25 heavy (non-hydrogen) atoms. The Morgan fingerprint density at radius 1 is 1.44 bits per heavy atom. The molecule has 2 amide bonds. The van der Waals surface area contributed by atoms with Gasteiger partial charge < -0.3 is 19.4 Å². The molecule has 0 bridgehead atoms. The normalized spacial score (nSPS) is 17.9. The first-order valence-electron chi connectivity index (χ1n) is 8.59. The molecule has 0 aromatic carbocycles. The minimum Gasteiger partial charge on any atom is -0.423 e. The summed E-state index contributed by atoms with van der Waals surface area (Å²) in [5.74, 6) is 1.10. The fourth-order valence-electron chi connectivity index (χ4n) is 2.64. The zero-order chi connectivity index (χ0) is 17.8. The van der Waals surface area contributed by atoms with Gasteiger partial charge in [-0.2, -0.15) is 5.10 Å². The van der Waals surface area contributed by atoms with E-state index in [0.717, 1.165) is 13.0 Å². The molecule has 1 N–H and O–H groups in total. The Labute approximate surface area is 146 Å². The van der Waals surface area contributed by atoms with Crippen molar-refractivity contribution >= 4 is 11.7 Å². The number of hydrogen-bond donors (Lipinski definition) is 1. The molecular formula is C16H24N6O3. The Morgan fingerprint density at radius 2 is 2.28 bits per heavy atom. The van der Waals surface area contributed by atoms with E-state index >= 15 is 0 Å². The Hall–Kier alpha value is -2.42. The molecule has 9 heteroatoms. The van der Waals surface area contributed by atoms with Gasteiger partial charge in [0.2, 0.25) is 11.8 Å². The van der Waals surface area contributed by atoms with Crippen LogP contribution in [0.3, 0.4) is 0 Å². The molecule has 1 aliphatic rings. The first-order valence-corrected chi connectivity index (χ1v) is 8.59. The van der Waals surface area contributed by atoms with Crippen molar-refractivity contribution in [3.8, 4) is 0 Å². The van der Waals surface area contributed by atoms with Gasteiger partial charge in [0.25, 0.3) is 0 Å². The molecule has 2 aromatic heterocycles. The summed E-state index contributed by atoms with van der Waals surface area (Å²) in [5, 5.41) is 15.2. The molecule has 1 fully saturated rings. The number of carbonyl (C=O) groups is 1. The first kappa shape index (κ1) is 17.4. The summed E-state index contributed by atoms with van der Waals surface area (Å²) in [6.45, 7) is 8.12. The van der Waals surface area contributed by atoms with Crippen LogP contribution in [0.4, 0.5) is 10.5 Å². The molecule has 0 saturated carbocycles. The van der Waals surface area contributed by atoms with E-state index in [0.29, 0.717) is 37.2 Å². The van der Waals surface area contributed by atoms with E-state index in [-0.39, 0.29) is 18.0 Å². The molecule has 1 aliphatic heterocycles. The lowest BCUT2D eigenvalue weighted by Crippen LogP contribution is -2.45. The van der Waals surface area contributed by atoms with Crippen molar-refractivity contribution in [1.29, 1.82) is 0 Å². The third-order valence-corrected chi connectivity index (χ3v) is 3.96. The number of rotatable bonds is 5. The van der Waals surface area contributed by atoms with Crippen molar-refractivity contribution in [3.63, 3.8) is 0 Å². The highest BCUT2D eigenvalue weighted by Gasteiger charge is 2.33. The van der Waals surface area contributed by atoms with E-state index in [2.05, 4.69) is 27.5 Å². The van der Waals surface area contributed by atoms with E-state index in [1.165, 1.54) is 0 Å². The largest absolute Gasteiger partial charge is 0.423 e. The minimum absolute atomic E-state index is 0.137. The lowest BCUT2D eigenvalue weighted by atomic mass is 10.2. The lowest BCUT2D eigenvalue weighted by Gasteiger charge is -2.33. The van der Waals surface area contributed by atoms with E-state index in [1.807, 2.05) is 20.0 Å². The maximum absolute atomic E-state index is 12.7. The predicted octanol–water partition coefficient (Wildman–Crippen LogP) is 2.40. The van der Waals surface area contributed by atoms with Crippen LogP contribution in [0.2, 0.25) is 0 Å². The molecule has 0 radical (unpaired) electrons. The summed E-state index contributed by atoms with van der Waals surface area (Å²) in [6, 6.07) is -0.618. The fraction of sp³-hybridized carbons (Fsp3) is 0.625. The van der Waals surface area contributed by atoms with Gasteiger partial charge in [0.1, 0.15) is 6.04 Å². The highest BCUT2D eigenvalue weighted by atomic mass is 16.5. The van der Waals surface area contributed by atoms with Gasteiger partial charge in [0.05, 0.1) is 25.1 Å². The number of carbonyl (C=O) groups excluding carboxylic acids is 1. The number of morpholine rings is 1. The summed E-state index contributed by atoms with van der Waals surface area (Å²) in [7, 11) is 0. The maximum atomic E-state index is 12.7. The smallest absolute Gasteiger partial charge is 0.322 e. The highest BCUT2D eigenvalue weighted by molar-refractivity contribution is 5.89. The Kier molecular flexibility index (Phi) is 5.32. The number of aryl methyl sites for hydroxylation is 1. The standard InChI is InChI=1S/C16H24N6O3/c1-4-5-21-9-12(8-17-21)18-16(23)22-6-7-24-10-13(22)15-20-19-14(25-15)11(2)3/h8-9,11,13H,4-7,10H2,1-3H3,(H,18,23). The molecule has 9 nitrogen and oxygen atoms in total. The number of nitrogens with zero attached hydrogens (tertiary/aromatic N) is 5. The van der Waals surface area contributed by atoms with Crippen LogP contribution < -0.4 is 5.32 Å². The number of nitrogens with one attached hydrogen (secondary N) is 1. The van der Waals surface area contributed by atoms with Crippen LogP contribution in [-0.4, -0.2) is 50.7 Å². The van der Waals surface area contributed by atoms with Gasteiger partial charge in [-0.25, -0.2) is 4.79 Å². The van der Waals surface area contributed by atoms with Crippen molar-refractivity contribution < 1.29 is 13.9 Å². The molecule has 1 saturated heterocycles. The topological polar surface area (TPSA) is 98.3 Å². The second-order valence-corrected chi connectivity index (χ2v) is 6.34. The summed E-state index contributed by atoms with van der Waals surface area (Å²) >= 11 is 0. The molecular weight excluding hydrogens is 324 g/mol. The molecule has 3 heterocycles. The number of amides is 2. The first-order chi connectivity index (χ1) is 12.1. The van der Waals surface area contributed by atoms with Crippen LogP contribution in [0.15, 0.2) is 16.8 Å². The molecule has 1 unspecified atom stereocenters. The minimum atomic E-state index is -0.389. The zero-order valence-electron chi connectivity index (χ0n) is 14.8. The SMILES string of the molecule is CCCn1cc(NC(=O)N2CCOCC2c2nnc(C(C)C)o2)cn1. The lowest BCUT2D eigenvalue weighted by molar-refractivity contribution is 0.00494. The van der Waals surface area contributed by atoms with Gasteiger partial charge in [-0.1, -0.05) is 20.8 Å². The summed E-state index contributed by atoms with van der Waals surface area (Å²) in [6.07, 6.45) is 4.45. The Balaban J connectivity index is 1.71. The van der Waals surface area contributed by atoms with Crippen molar-refractivity contribution in [2.45, 2.75) is 45.7 Å². The van der Waals surface area contributed by atoms with Gasteiger partial charge in [-0.15, -0.1) is 10.2 Å². The van der Waals surface area contributed by atoms with E-state index in [4.69, 9.17) is 9.15 Å². The molecule has 2 aromatic rings. The van der Waals surface area contributed by atoms with Crippen LogP contribution in [0, 0.1) is 0 Å². The zero-order valence-corrected chi connectivity index (χ0v) is 14.8. The molecule has 0 spiro atoms.